The highest BCUT2D eigenvalue weighted by Crippen LogP contribution is 2.36. The quantitative estimate of drug-likeness (QED) is 0.866. The van der Waals surface area contributed by atoms with Gasteiger partial charge < -0.3 is 10.6 Å². The minimum atomic E-state index is 0.0985. The molecule has 19 heavy (non-hydrogen) atoms. The summed E-state index contributed by atoms with van der Waals surface area (Å²) in [5.41, 5.74) is 8.01. The van der Waals surface area contributed by atoms with Crippen molar-refractivity contribution in [1.29, 1.82) is 0 Å². The van der Waals surface area contributed by atoms with Gasteiger partial charge in [-0.05, 0) is 38.3 Å². The van der Waals surface area contributed by atoms with Crippen molar-refractivity contribution in [2.45, 2.75) is 32.7 Å². The number of aryl methyl sites for hydroxylation is 1. The molecule has 0 bridgehead atoms. The third-order valence-electron chi connectivity index (χ3n) is 3.89. The summed E-state index contributed by atoms with van der Waals surface area (Å²) in [6.07, 6.45) is 2.19. The molecule has 0 saturated carbocycles. The largest absolute Gasteiger partial charge is 0.397 e. The lowest BCUT2D eigenvalue weighted by Crippen LogP contribution is -2.33. The summed E-state index contributed by atoms with van der Waals surface area (Å²) in [4.78, 5) is 15.2. The first kappa shape index (κ1) is 12.5. The second-order valence-electron chi connectivity index (χ2n) is 5.33. The smallest absolute Gasteiger partial charge is 0.266 e. The zero-order chi connectivity index (χ0) is 13.6. The SMILES string of the molecule is Cc1ccc2c(N)c(C(=O)N3CCCC3C)sc2c1. The lowest BCUT2D eigenvalue weighted by Gasteiger charge is -2.20. The number of benzene rings is 1. The normalized spacial score (nSPS) is 19.3. The Kier molecular flexibility index (Phi) is 2.97. The lowest BCUT2D eigenvalue weighted by molar-refractivity contribution is 0.0753. The summed E-state index contributed by atoms with van der Waals surface area (Å²) >= 11 is 1.52. The molecule has 1 aromatic heterocycles. The Labute approximate surface area is 117 Å². The zero-order valence-electron chi connectivity index (χ0n) is 11.3. The van der Waals surface area contributed by atoms with E-state index in [-0.39, 0.29) is 5.91 Å². The van der Waals surface area contributed by atoms with Gasteiger partial charge in [0.1, 0.15) is 4.88 Å². The molecule has 4 heteroatoms. The van der Waals surface area contributed by atoms with E-state index in [1.54, 1.807) is 0 Å². The average molecular weight is 274 g/mol. The predicted octanol–water partition coefficient (Wildman–Crippen LogP) is 3.42. The molecule has 0 spiro atoms. The van der Waals surface area contributed by atoms with Crippen LogP contribution in [-0.4, -0.2) is 23.4 Å². The van der Waals surface area contributed by atoms with Crippen LogP contribution in [0.25, 0.3) is 10.1 Å². The van der Waals surface area contributed by atoms with Crippen molar-refractivity contribution in [2.75, 3.05) is 12.3 Å². The first-order valence-electron chi connectivity index (χ1n) is 6.67. The van der Waals surface area contributed by atoms with Crippen molar-refractivity contribution in [3.8, 4) is 0 Å². The van der Waals surface area contributed by atoms with E-state index in [2.05, 4.69) is 19.9 Å². The highest BCUT2D eigenvalue weighted by molar-refractivity contribution is 7.21. The molecule has 2 heterocycles. The number of carbonyl (C=O) groups excluding carboxylic acids is 1. The van der Waals surface area contributed by atoms with E-state index in [1.807, 2.05) is 17.0 Å². The Morgan fingerprint density at radius 2 is 2.26 bits per heavy atom. The number of hydrogen-bond donors (Lipinski definition) is 1. The van der Waals surface area contributed by atoms with Gasteiger partial charge in [-0.25, -0.2) is 0 Å². The maximum absolute atomic E-state index is 12.6. The molecule has 1 saturated heterocycles. The van der Waals surface area contributed by atoms with E-state index in [9.17, 15) is 4.79 Å². The molecule has 3 rings (SSSR count). The number of thiophene rings is 1. The van der Waals surface area contributed by atoms with Gasteiger partial charge in [0, 0.05) is 22.7 Å². The monoisotopic (exact) mass is 274 g/mol. The Morgan fingerprint density at radius 1 is 1.47 bits per heavy atom. The van der Waals surface area contributed by atoms with Crippen molar-refractivity contribution < 1.29 is 4.79 Å². The summed E-state index contributed by atoms with van der Waals surface area (Å²) in [5.74, 6) is 0.0985. The summed E-state index contributed by atoms with van der Waals surface area (Å²) in [5, 5.41) is 1.01. The molecule has 1 aliphatic rings. The van der Waals surface area contributed by atoms with Crippen LogP contribution in [0.2, 0.25) is 0 Å². The van der Waals surface area contributed by atoms with Gasteiger partial charge >= 0.3 is 0 Å². The highest BCUT2D eigenvalue weighted by Gasteiger charge is 2.28. The molecule has 1 fully saturated rings. The minimum absolute atomic E-state index is 0.0985. The second-order valence-corrected chi connectivity index (χ2v) is 6.39. The number of fused-ring (bicyclic) bond motifs is 1. The third kappa shape index (κ3) is 2.00. The number of carbonyl (C=O) groups is 1. The van der Waals surface area contributed by atoms with Crippen LogP contribution in [0.1, 0.15) is 35.0 Å². The maximum atomic E-state index is 12.6. The van der Waals surface area contributed by atoms with E-state index in [0.29, 0.717) is 16.6 Å². The molecule has 1 aliphatic heterocycles. The summed E-state index contributed by atoms with van der Waals surface area (Å²) < 4.78 is 1.10. The number of rotatable bonds is 1. The standard InChI is InChI=1S/C15H18N2OS/c1-9-5-6-11-12(8-9)19-14(13(11)16)15(18)17-7-3-4-10(17)2/h5-6,8,10H,3-4,7,16H2,1-2H3. The molecule has 1 atom stereocenters. The zero-order valence-corrected chi connectivity index (χ0v) is 12.1. The van der Waals surface area contributed by atoms with Crippen molar-refractivity contribution in [2.24, 2.45) is 0 Å². The van der Waals surface area contributed by atoms with Gasteiger partial charge in [-0.2, -0.15) is 0 Å². The fourth-order valence-corrected chi connectivity index (χ4v) is 3.93. The van der Waals surface area contributed by atoms with E-state index < -0.39 is 0 Å². The minimum Gasteiger partial charge on any atom is -0.397 e. The summed E-state index contributed by atoms with van der Waals surface area (Å²) in [6.45, 7) is 5.02. The van der Waals surface area contributed by atoms with E-state index in [1.165, 1.54) is 16.9 Å². The van der Waals surface area contributed by atoms with Crippen LogP contribution in [0.15, 0.2) is 18.2 Å². The second kappa shape index (κ2) is 4.53. The Hall–Kier alpha value is -1.55. The van der Waals surface area contributed by atoms with Crippen LogP contribution in [0, 0.1) is 6.92 Å². The summed E-state index contributed by atoms with van der Waals surface area (Å²) in [6, 6.07) is 6.48. The Morgan fingerprint density at radius 3 is 2.95 bits per heavy atom. The van der Waals surface area contributed by atoms with Gasteiger partial charge in [-0.3, -0.25) is 4.79 Å². The van der Waals surface area contributed by atoms with Gasteiger partial charge in [0.2, 0.25) is 0 Å². The number of likely N-dealkylation sites (tertiary alicyclic amines) is 1. The van der Waals surface area contributed by atoms with Crippen molar-refractivity contribution >= 4 is 33.0 Å². The first-order chi connectivity index (χ1) is 9.08. The molecule has 0 aliphatic carbocycles. The Bertz CT molecular complexity index is 647. The molecule has 1 aromatic carbocycles. The number of nitrogen functional groups attached to an aromatic ring is 1. The number of nitrogens with two attached hydrogens (primary N) is 1. The van der Waals surface area contributed by atoms with Gasteiger partial charge in [-0.15, -0.1) is 11.3 Å². The van der Waals surface area contributed by atoms with Crippen LogP contribution < -0.4 is 5.73 Å². The molecule has 3 nitrogen and oxygen atoms in total. The fraction of sp³-hybridized carbons (Fsp3) is 0.400. The maximum Gasteiger partial charge on any atom is 0.266 e. The molecule has 2 aromatic rings. The van der Waals surface area contributed by atoms with Gasteiger partial charge in [-0.1, -0.05) is 12.1 Å². The van der Waals surface area contributed by atoms with E-state index in [0.717, 1.165) is 29.5 Å². The van der Waals surface area contributed by atoms with Crippen LogP contribution >= 0.6 is 11.3 Å². The van der Waals surface area contributed by atoms with E-state index >= 15 is 0 Å². The first-order valence-corrected chi connectivity index (χ1v) is 7.49. The molecule has 2 N–H and O–H groups in total. The van der Waals surface area contributed by atoms with Crippen molar-refractivity contribution in [3.63, 3.8) is 0 Å². The predicted molar refractivity (Wildman–Crippen MR) is 80.7 cm³/mol. The van der Waals surface area contributed by atoms with Crippen LogP contribution in [0.5, 0.6) is 0 Å². The van der Waals surface area contributed by atoms with Gasteiger partial charge in [0.05, 0.1) is 5.69 Å². The molecule has 100 valence electrons. The molecular weight excluding hydrogens is 256 g/mol. The number of hydrogen-bond acceptors (Lipinski definition) is 3. The topological polar surface area (TPSA) is 46.3 Å². The van der Waals surface area contributed by atoms with Gasteiger partial charge in [0.15, 0.2) is 0 Å². The van der Waals surface area contributed by atoms with Crippen molar-refractivity contribution in [1.82, 2.24) is 4.90 Å². The molecular formula is C15H18N2OS. The molecule has 1 amide bonds. The molecule has 1 unspecified atom stereocenters. The highest BCUT2D eigenvalue weighted by atomic mass is 32.1. The number of nitrogens with zero attached hydrogens (tertiary/aromatic N) is 1. The third-order valence-corrected chi connectivity index (χ3v) is 5.05. The van der Waals surface area contributed by atoms with Gasteiger partial charge in [0.25, 0.3) is 5.91 Å². The van der Waals surface area contributed by atoms with Crippen LogP contribution in [0.4, 0.5) is 5.69 Å². The summed E-state index contributed by atoms with van der Waals surface area (Å²) in [7, 11) is 0. The van der Waals surface area contributed by atoms with E-state index in [4.69, 9.17) is 5.73 Å². The van der Waals surface area contributed by atoms with Crippen LogP contribution in [0.3, 0.4) is 0 Å². The van der Waals surface area contributed by atoms with Crippen molar-refractivity contribution in [3.05, 3.63) is 28.6 Å². The number of amides is 1. The fourth-order valence-electron chi connectivity index (χ4n) is 2.75. The Balaban J connectivity index is 2.05. The molecule has 0 radical (unpaired) electrons. The number of anilines is 1. The average Bonchev–Trinajstić information content (AvgIpc) is 2.93. The van der Waals surface area contributed by atoms with Crippen LogP contribution in [-0.2, 0) is 0 Å². The lowest BCUT2D eigenvalue weighted by atomic mass is 10.1.